The molecule has 3 aromatic heterocycles. The summed E-state index contributed by atoms with van der Waals surface area (Å²) in [7, 11) is 5.00. The summed E-state index contributed by atoms with van der Waals surface area (Å²) >= 11 is 7.65. The van der Waals surface area contributed by atoms with Crippen LogP contribution in [-0.2, 0) is 5.54 Å². The molecule has 0 aliphatic carbocycles. The molecule has 116 heavy (non-hydrogen) atoms. The van der Waals surface area contributed by atoms with E-state index in [1.807, 2.05) is 146 Å². The number of thioether (sulfide) groups is 1. The first kappa shape index (κ1) is 75.7. The molecule has 9 heterocycles. The molecule has 2 fully saturated rings. The minimum absolute atomic E-state index is 0.140. The fraction of sp³-hybridized carbons (Fsp3) is 0.219. The minimum atomic E-state index is -1.23. The van der Waals surface area contributed by atoms with Crippen molar-refractivity contribution in [2.75, 3.05) is 102 Å². The van der Waals surface area contributed by atoms with Gasteiger partial charge in [0.15, 0.2) is 0 Å². The highest BCUT2D eigenvalue weighted by Crippen LogP contribution is 2.59. The van der Waals surface area contributed by atoms with Crippen molar-refractivity contribution >= 4 is 109 Å². The Morgan fingerprint density at radius 3 is 1.44 bits per heavy atom. The Kier molecular flexibility index (Phi) is 21.2. The van der Waals surface area contributed by atoms with Crippen molar-refractivity contribution < 1.29 is 33.3 Å². The highest BCUT2D eigenvalue weighted by atomic mass is 32.2. The molecule has 0 atom stereocenters. The van der Waals surface area contributed by atoms with Crippen molar-refractivity contribution in [2.24, 2.45) is 5.10 Å². The van der Waals surface area contributed by atoms with Crippen LogP contribution in [0.2, 0.25) is 0 Å². The third-order valence-electron chi connectivity index (χ3n) is 22.8. The van der Waals surface area contributed by atoms with E-state index in [0.717, 1.165) is 157 Å². The second-order valence-corrected chi connectivity index (χ2v) is 30.8. The van der Waals surface area contributed by atoms with Crippen molar-refractivity contribution in [3.8, 4) is 74.0 Å². The number of likely N-dealkylation sites (tertiary alicyclic amines) is 1. The van der Waals surface area contributed by atoms with E-state index in [1.54, 1.807) is 36.1 Å². The predicted octanol–water partition coefficient (Wildman–Crippen LogP) is 18.7. The van der Waals surface area contributed by atoms with Crippen LogP contribution in [0.5, 0.6) is 28.7 Å². The van der Waals surface area contributed by atoms with Gasteiger partial charge in [-0.25, -0.2) is 15.0 Å². The lowest BCUT2D eigenvalue weighted by atomic mass is 9.75. The maximum atomic E-state index is 15.6. The lowest BCUT2D eigenvalue weighted by Gasteiger charge is -2.42. The summed E-state index contributed by atoms with van der Waals surface area (Å²) in [6.45, 7) is 14.9. The van der Waals surface area contributed by atoms with Gasteiger partial charge >= 0.3 is 0 Å². The number of rotatable bonds is 18. The number of nitrogens with zero attached hydrogens (tertiary/aromatic N) is 9. The highest BCUT2D eigenvalue weighted by molar-refractivity contribution is 8.23. The first-order valence-corrected chi connectivity index (χ1v) is 41.0. The van der Waals surface area contributed by atoms with Gasteiger partial charge in [0.2, 0.25) is 0 Å². The quantitative estimate of drug-likeness (QED) is 0.0471. The molecular weight excluding hydrogens is 1480 g/mol. The van der Waals surface area contributed by atoms with Gasteiger partial charge in [0.1, 0.15) is 38.6 Å². The normalized spacial score (nSPS) is 14.4. The fourth-order valence-corrected chi connectivity index (χ4v) is 17.9. The summed E-state index contributed by atoms with van der Waals surface area (Å²) in [5.74, 6) is 10.2. The van der Waals surface area contributed by atoms with Gasteiger partial charge in [-0.2, -0.15) is 5.10 Å². The maximum absolute atomic E-state index is 15.6. The molecule has 8 bridgehead atoms. The number of ether oxygens (including phenoxy) is 4. The molecule has 20 heteroatoms. The number of carbonyl (C=O) groups excluding carboxylic acids is 3. The number of amides is 3. The Balaban J connectivity index is 0.662. The molecule has 2 N–H and O–H groups in total. The zero-order chi connectivity index (χ0) is 79.7. The third-order valence-corrected chi connectivity index (χ3v) is 24.3. The number of anilines is 2. The van der Waals surface area contributed by atoms with E-state index in [-0.39, 0.29) is 17.7 Å². The number of thiocarbonyl (C=S) groups is 1. The number of methoxy groups -OCH3 is 3. The van der Waals surface area contributed by atoms with Crippen LogP contribution in [0.3, 0.4) is 0 Å². The number of piperazine rings is 1. The van der Waals surface area contributed by atoms with Crippen LogP contribution in [0.15, 0.2) is 211 Å². The van der Waals surface area contributed by atoms with Gasteiger partial charge in [-0.05, 0) is 202 Å². The Hall–Kier alpha value is -13.0. The molecule has 1 spiro atoms. The van der Waals surface area contributed by atoms with Crippen LogP contribution < -0.4 is 28.7 Å². The van der Waals surface area contributed by atoms with Gasteiger partial charge in [-0.1, -0.05) is 115 Å². The molecule has 0 radical (unpaired) electrons. The monoisotopic (exact) mass is 1570 g/mol. The third kappa shape index (κ3) is 14.2. The molecule has 8 aromatic carbocycles. The van der Waals surface area contributed by atoms with Gasteiger partial charge in [0.05, 0.1) is 60.9 Å². The lowest BCUT2D eigenvalue weighted by molar-refractivity contribution is 0.0535. The summed E-state index contributed by atoms with van der Waals surface area (Å²) < 4.78 is 25.2. The second kappa shape index (κ2) is 32.5. The SMILES string of the molecule is CCN(CC)c1ccc2c(c1)Oc1cc(N(CC)CC)ccc1C21c2ccccc2C(=O)N1/N=C(\CSC(=S)N1CCCC1)c1ccc(C(=O)N2CCN(C(=O)c3ccc(C#Cc4c5nc(c(-c6cccc(OC)c6)c6ccc([nH]6)c(-c6cccc(OC)c6)c6nc(c(-c7cccc(OC)c7)c7ccc4[nH]7)C=C6)C=C5)cc3)CC2)cc1. The molecule has 2 saturated heterocycles. The standard InChI is InChI=1S/C96H87N11O7S2/c1-8-102(9-2)68-36-39-76-87(58-68)114-88-59-69(103(10-3)11-4)37-40-77(88)96(76)75-26-13-12-25-73(75)94(110)107(96)101-86(60-116-95(115)106-49-14-15-50-106)62-32-34-64(35-33-62)93(109)105-53-51-104(52-54-105)92(108)63-30-27-61(28-31-63)29-38-74-78-41-43-80(97-78)89(65-19-16-22-70(55-65)111-5)82-45-47-84(99-82)91(67-21-18-24-72(57-67)113-7)85-48-46-83(100-85)90(81-44-42-79(74)98-81)66-20-17-23-71(56-66)112-6/h12-13,16-28,30-37,39-48,55-59,97,100H,8-11,14-15,49-54,60H2,1-7H3/b78-74?,79-74?,89-80?,89-82?,90-81?,90-83?,91-84?,91-85?,101-86+. The summed E-state index contributed by atoms with van der Waals surface area (Å²) in [5, 5.41) is 7.27. The molecule has 11 aromatic rings. The molecule has 18 nitrogen and oxygen atoms in total. The number of H-pyrrole nitrogens is 2. The van der Waals surface area contributed by atoms with Crippen LogP contribution in [0.4, 0.5) is 11.4 Å². The van der Waals surface area contributed by atoms with Crippen molar-refractivity contribution in [3.63, 3.8) is 0 Å². The molecule has 6 aliphatic heterocycles. The topological polar surface area (TPSA) is 177 Å². The molecule has 6 aliphatic rings. The Morgan fingerprint density at radius 2 is 0.948 bits per heavy atom. The molecule has 0 saturated carbocycles. The average Bonchev–Trinajstić information content (AvgIpc) is 1.56. The number of hydrazone groups is 1. The largest absolute Gasteiger partial charge is 0.497 e. The number of hydrogen-bond donors (Lipinski definition) is 2. The maximum Gasteiger partial charge on any atom is 0.275 e. The number of nitrogens with one attached hydrogen (secondary N) is 2. The van der Waals surface area contributed by atoms with Gasteiger partial charge in [0, 0.05) is 167 Å². The van der Waals surface area contributed by atoms with E-state index < -0.39 is 5.54 Å². The highest BCUT2D eigenvalue weighted by Gasteiger charge is 2.57. The van der Waals surface area contributed by atoms with Crippen LogP contribution >= 0.6 is 24.0 Å². The lowest BCUT2D eigenvalue weighted by Crippen LogP contribution is -2.50. The molecule has 0 unspecified atom stereocenters. The van der Waals surface area contributed by atoms with Crippen LogP contribution in [0, 0.1) is 11.8 Å². The van der Waals surface area contributed by atoms with Crippen molar-refractivity contribution in [2.45, 2.75) is 46.1 Å². The van der Waals surface area contributed by atoms with E-state index in [9.17, 15) is 9.59 Å². The van der Waals surface area contributed by atoms with Gasteiger partial charge in [-0.15, -0.1) is 0 Å². The summed E-state index contributed by atoms with van der Waals surface area (Å²) in [6, 6.07) is 67.6. The first-order valence-electron chi connectivity index (χ1n) is 39.6. The van der Waals surface area contributed by atoms with Crippen molar-refractivity contribution in [1.82, 2.24) is 39.6 Å². The predicted molar refractivity (Wildman–Crippen MR) is 470 cm³/mol. The molecule has 3 amide bonds. The number of aromatic nitrogens is 4. The smallest absolute Gasteiger partial charge is 0.275 e. The Morgan fingerprint density at radius 1 is 0.500 bits per heavy atom. The van der Waals surface area contributed by atoms with Gasteiger partial charge < -0.3 is 53.4 Å². The van der Waals surface area contributed by atoms with Crippen molar-refractivity contribution in [3.05, 3.63) is 279 Å². The zero-order valence-corrected chi connectivity index (χ0v) is 67.5. The van der Waals surface area contributed by atoms with E-state index in [4.69, 9.17) is 46.2 Å². The van der Waals surface area contributed by atoms with Crippen LogP contribution in [0.1, 0.15) is 128 Å². The van der Waals surface area contributed by atoms with Crippen molar-refractivity contribution in [1.29, 1.82) is 0 Å². The van der Waals surface area contributed by atoms with Gasteiger partial charge in [0.25, 0.3) is 17.7 Å². The van der Waals surface area contributed by atoms with Gasteiger partial charge in [-0.3, -0.25) is 14.4 Å². The molecule has 17 rings (SSSR count). The zero-order valence-electron chi connectivity index (χ0n) is 65.8. The summed E-state index contributed by atoms with van der Waals surface area (Å²) in [5.41, 5.74) is 18.8. The average molecular weight is 1570 g/mol. The van der Waals surface area contributed by atoms with E-state index >= 15 is 4.79 Å². The number of hydrogen-bond acceptors (Lipinski definition) is 14. The van der Waals surface area contributed by atoms with E-state index in [0.29, 0.717) is 106 Å². The summed E-state index contributed by atoms with van der Waals surface area (Å²) in [6.07, 6.45) is 10.3. The second-order valence-electron chi connectivity index (χ2n) is 29.2. The fourth-order valence-electron chi connectivity index (χ4n) is 16.7. The van der Waals surface area contributed by atoms with E-state index in [1.165, 1.54) is 11.8 Å². The number of carbonyl (C=O) groups is 3. The number of benzene rings is 8. The Labute approximate surface area is 684 Å². The minimum Gasteiger partial charge on any atom is -0.497 e. The first-order chi connectivity index (χ1) is 56.8. The van der Waals surface area contributed by atoms with Crippen LogP contribution in [0.25, 0.3) is 79.8 Å². The number of aromatic amines is 2. The Bertz CT molecular complexity index is 5960. The molecular formula is C96H87N11O7S2. The molecule has 580 valence electrons. The number of fused-ring (bicyclic) bond motifs is 14. The summed E-state index contributed by atoms with van der Waals surface area (Å²) in [4.78, 5) is 73.6. The van der Waals surface area contributed by atoms with E-state index in [2.05, 4.69) is 149 Å². The van der Waals surface area contributed by atoms with Crippen LogP contribution in [-0.4, -0.2) is 160 Å².